The Labute approximate surface area is 101 Å². The van der Waals surface area contributed by atoms with E-state index in [0.29, 0.717) is 0 Å². The third-order valence-corrected chi connectivity index (χ3v) is 2.33. The Kier molecular flexibility index (Phi) is 4.00. The van der Waals surface area contributed by atoms with Gasteiger partial charge >= 0.3 is 0 Å². The van der Waals surface area contributed by atoms with Gasteiger partial charge in [0.05, 0.1) is 10.5 Å². The minimum absolute atomic E-state index is 0.0983. The molecule has 0 spiro atoms. The lowest BCUT2D eigenvalue weighted by atomic mass is 10.0. The predicted molar refractivity (Wildman–Crippen MR) is 58.3 cm³/mol. The van der Waals surface area contributed by atoms with Crippen LogP contribution in [-0.4, -0.2) is 27.1 Å². The van der Waals surface area contributed by atoms with Crippen LogP contribution in [0, 0.1) is 10.1 Å². The van der Waals surface area contributed by atoms with Gasteiger partial charge in [0, 0.05) is 11.1 Å². The van der Waals surface area contributed by atoms with Crippen molar-refractivity contribution in [2.75, 3.05) is 0 Å². The van der Waals surface area contributed by atoms with Crippen molar-refractivity contribution >= 4 is 23.2 Å². The average Bonchev–Trinajstić information content (AvgIpc) is 2.26. The van der Waals surface area contributed by atoms with Crippen LogP contribution in [0.25, 0.3) is 0 Å². The van der Waals surface area contributed by atoms with Crippen LogP contribution in [0.2, 0.25) is 5.02 Å². The number of benzene rings is 1. The van der Waals surface area contributed by atoms with E-state index in [1.54, 1.807) is 0 Å². The minimum atomic E-state index is -1.92. The highest BCUT2D eigenvalue weighted by atomic mass is 35.5. The van der Waals surface area contributed by atoms with Crippen LogP contribution in [0.1, 0.15) is 11.7 Å². The second-order valence-electron chi connectivity index (χ2n) is 3.25. The number of hydrogen-bond donors (Lipinski definition) is 3. The van der Waals surface area contributed by atoms with Crippen molar-refractivity contribution in [3.63, 3.8) is 0 Å². The van der Waals surface area contributed by atoms with Crippen LogP contribution < -0.4 is 5.73 Å². The molecule has 0 aliphatic carbocycles. The van der Waals surface area contributed by atoms with Gasteiger partial charge in [-0.25, -0.2) is 0 Å². The van der Waals surface area contributed by atoms with E-state index in [0.717, 1.165) is 12.1 Å². The third-order valence-electron chi connectivity index (χ3n) is 2.10. The maximum atomic E-state index is 10.7. The molecule has 17 heavy (non-hydrogen) atoms. The molecule has 0 radical (unpaired) electrons. The first kappa shape index (κ1) is 13.4. The first-order chi connectivity index (χ1) is 7.84. The summed E-state index contributed by atoms with van der Waals surface area (Å²) in [5.74, 6) is -1.18. The lowest BCUT2D eigenvalue weighted by Crippen LogP contribution is -2.34. The lowest BCUT2D eigenvalue weighted by molar-refractivity contribution is -0.386. The van der Waals surface area contributed by atoms with E-state index in [1.807, 2.05) is 0 Å². The van der Waals surface area contributed by atoms with Gasteiger partial charge in [0.25, 0.3) is 5.69 Å². The molecule has 1 aromatic carbocycles. The van der Waals surface area contributed by atoms with Crippen molar-refractivity contribution in [1.29, 1.82) is 0 Å². The Morgan fingerprint density at radius 3 is 2.53 bits per heavy atom. The Morgan fingerprint density at radius 2 is 2.06 bits per heavy atom. The van der Waals surface area contributed by atoms with Gasteiger partial charge in [-0.3, -0.25) is 14.9 Å². The number of nitro groups is 1. The first-order valence-electron chi connectivity index (χ1n) is 4.44. The summed E-state index contributed by atoms with van der Waals surface area (Å²) in [5.41, 5.74) is 4.06. The highest BCUT2D eigenvalue weighted by molar-refractivity contribution is 6.30. The van der Waals surface area contributed by atoms with Gasteiger partial charge in [0.2, 0.25) is 5.91 Å². The Bertz CT molecular complexity index is 465. The molecule has 1 rings (SSSR count). The average molecular weight is 261 g/mol. The Balaban J connectivity index is 3.21. The molecule has 0 fully saturated rings. The van der Waals surface area contributed by atoms with E-state index in [4.69, 9.17) is 17.3 Å². The fraction of sp³-hybridized carbons (Fsp3) is 0.222. The molecule has 2 atom stereocenters. The van der Waals surface area contributed by atoms with Crippen molar-refractivity contribution < 1.29 is 19.9 Å². The molecular formula is C9H9ClN2O5. The summed E-state index contributed by atoms with van der Waals surface area (Å²) in [7, 11) is 0. The van der Waals surface area contributed by atoms with Crippen molar-refractivity contribution in [3.05, 3.63) is 38.9 Å². The largest absolute Gasteiger partial charge is 0.385 e. The first-order valence-corrected chi connectivity index (χ1v) is 4.81. The fourth-order valence-corrected chi connectivity index (χ4v) is 1.42. The fourth-order valence-electron chi connectivity index (χ4n) is 1.25. The second-order valence-corrected chi connectivity index (χ2v) is 3.69. The molecule has 2 unspecified atom stereocenters. The number of carbonyl (C=O) groups is 1. The van der Waals surface area contributed by atoms with Crippen LogP contribution in [0.5, 0.6) is 0 Å². The van der Waals surface area contributed by atoms with E-state index in [9.17, 15) is 25.1 Å². The summed E-state index contributed by atoms with van der Waals surface area (Å²) in [4.78, 5) is 20.6. The number of nitrogens with two attached hydrogens (primary N) is 1. The van der Waals surface area contributed by atoms with Gasteiger partial charge in [-0.05, 0) is 12.1 Å². The molecule has 1 amide bonds. The number of amides is 1. The number of hydrogen-bond acceptors (Lipinski definition) is 5. The second kappa shape index (κ2) is 5.09. The third kappa shape index (κ3) is 2.90. The number of nitro benzene ring substituents is 1. The van der Waals surface area contributed by atoms with Gasteiger partial charge in [0.15, 0.2) is 6.10 Å². The minimum Gasteiger partial charge on any atom is -0.385 e. The Hall–Kier alpha value is -1.70. The van der Waals surface area contributed by atoms with Crippen molar-refractivity contribution in [3.8, 4) is 0 Å². The zero-order chi connectivity index (χ0) is 13.2. The van der Waals surface area contributed by atoms with Crippen molar-refractivity contribution in [2.24, 2.45) is 5.73 Å². The molecule has 7 nitrogen and oxygen atoms in total. The summed E-state index contributed by atoms with van der Waals surface area (Å²) in [5, 5.41) is 29.6. The van der Waals surface area contributed by atoms with Gasteiger partial charge in [0.1, 0.15) is 6.10 Å². The number of carbonyl (C=O) groups excluding carboxylic acids is 1. The predicted octanol–water partition coefficient (Wildman–Crippen LogP) is 0.128. The summed E-state index contributed by atoms with van der Waals surface area (Å²) in [6, 6.07) is 3.45. The monoisotopic (exact) mass is 260 g/mol. The van der Waals surface area contributed by atoms with Crippen LogP contribution in [-0.2, 0) is 4.79 Å². The topological polar surface area (TPSA) is 127 Å². The molecule has 0 saturated carbocycles. The molecule has 0 saturated heterocycles. The highest BCUT2D eigenvalue weighted by Gasteiger charge is 2.29. The molecule has 1 aromatic rings. The van der Waals surface area contributed by atoms with Crippen LogP contribution in [0.4, 0.5) is 5.69 Å². The van der Waals surface area contributed by atoms with Gasteiger partial charge in [-0.1, -0.05) is 11.6 Å². The van der Waals surface area contributed by atoms with E-state index in [-0.39, 0.29) is 10.6 Å². The summed E-state index contributed by atoms with van der Waals surface area (Å²) in [6.07, 6.45) is -3.69. The van der Waals surface area contributed by atoms with E-state index >= 15 is 0 Å². The number of rotatable bonds is 4. The van der Waals surface area contributed by atoms with E-state index < -0.39 is 28.7 Å². The SMILES string of the molecule is NC(=O)C(O)C(O)c1ccc(Cl)cc1[N+](=O)[O-]. The standard InChI is InChI=1S/C9H9ClN2O5/c10-4-1-2-5(6(3-4)12(16)17)7(13)8(14)9(11)15/h1-3,7-8,13-14H,(H2,11,15). The summed E-state index contributed by atoms with van der Waals surface area (Å²) in [6.45, 7) is 0. The quantitative estimate of drug-likeness (QED) is 0.524. The molecule has 4 N–H and O–H groups in total. The molecule has 0 bridgehead atoms. The number of primary amides is 1. The number of aliphatic hydroxyl groups is 2. The Morgan fingerprint density at radius 1 is 1.47 bits per heavy atom. The molecule has 0 heterocycles. The van der Waals surface area contributed by atoms with E-state index in [2.05, 4.69) is 0 Å². The van der Waals surface area contributed by atoms with Crippen LogP contribution in [0.3, 0.4) is 0 Å². The number of aliphatic hydroxyl groups excluding tert-OH is 2. The molecule has 0 aliphatic heterocycles. The van der Waals surface area contributed by atoms with Crippen LogP contribution in [0.15, 0.2) is 18.2 Å². The lowest BCUT2D eigenvalue weighted by Gasteiger charge is -2.15. The number of halogens is 1. The van der Waals surface area contributed by atoms with E-state index in [1.165, 1.54) is 6.07 Å². The van der Waals surface area contributed by atoms with Crippen LogP contribution >= 0.6 is 11.6 Å². The normalized spacial score (nSPS) is 14.1. The van der Waals surface area contributed by atoms with Gasteiger partial charge in [-0.15, -0.1) is 0 Å². The van der Waals surface area contributed by atoms with Crippen molar-refractivity contribution in [1.82, 2.24) is 0 Å². The summed E-state index contributed by atoms with van der Waals surface area (Å²) >= 11 is 5.57. The molecular weight excluding hydrogens is 252 g/mol. The molecule has 8 heteroatoms. The zero-order valence-corrected chi connectivity index (χ0v) is 9.16. The number of nitrogens with zero attached hydrogens (tertiary/aromatic N) is 1. The molecule has 92 valence electrons. The maximum Gasteiger partial charge on any atom is 0.276 e. The highest BCUT2D eigenvalue weighted by Crippen LogP contribution is 2.29. The maximum absolute atomic E-state index is 10.7. The smallest absolute Gasteiger partial charge is 0.276 e. The zero-order valence-electron chi connectivity index (χ0n) is 8.41. The summed E-state index contributed by atoms with van der Waals surface area (Å²) < 4.78 is 0. The van der Waals surface area contributed by atoms with Gasteiger partial charge < -0.3 is 15.9 Å². The van der Waals surface area contributed by atoms with Gasteiger partial charge in [-0.2, -0.15) is 0 Å². The molecule has 0 aromatic heterocycles. The molecule has 0 aliphatic rings. The van der Waals surface area contributed by atoms with Crippen molar-refractivity contribution in [2.45, 2.75) is 12.2 Å².